The van der Waals surface area contributed by atoms with E-state index in [4.69, 9.17) is 28.4 Å². The standard InChI is InChI=1S/C30H34N2O8/c1-35-21-10-7-18(8-11-21)28-22(30(34)31-19-9-13-23(36-2)24(15-19)37-3)12-14-27(33)32(28)20-16-25(38-4)29(40-6)26(17-20)39-5/h7-11,13,15-17,22,28H,12,14H2,1-6H3,(H,31,34). The van der Waals surface area contributed by atoms with Crippen molar-refractivity contribution in [2.24, 2.45) is 5.92 Å². The summed E-state index contributed by atoms with van der Waals surface area (Å²) in [4.78, 5) is 29.0. The summed E-state index contributed by atoms with van der Waals surface area (Å²) in [6.07, 6.45) is 0.531. The molecular formula is C30H34N2O8. The SMILES string of the molecule is COc1ccc(C2C(C(=O)Nc3ccc(OC)c(OC)c3)CCC(=O)N2c2cc(OC)c(OC)c(OC)c2)cc1. The molecule has 0 aliphatic carbocycles. The third kappa shape index (κ3) is 5.56. The topological polar surface area (TPSA) is 105 Å². The lowest BCUT2D eigenvalue weighted by Crippen LogP contribution is -2.47. The Morgan fingerprint density at radius 3 is 1.93 bits per heavy atom. The minimum Gasteiger partial charge on any atom is -0.497 e. The maximum absolute atomic E-state index is 13.8. The van der Waals surface area contributed by atoms with Crippen LogP contribution in [-0.4, -0.2) is 54.5 Å². The Hall–Kier alpha value is -4.60. The van der Waals surface area contributed by atoms with Gasteiger partial charge in [-0.2, -0.15) is 0 Å². The van der Waals surface area contributed by atoms with Crippen molar-refractivity contribution in [1.29, 1.82) is 0 Å². The molecule has 1 aliphatic heterocycles. The van der Waals surface area contributed by atoms with Crippen LogP contribution in [0.3, 0.4) is 0 Å². The smallest absolute Gasteiger partial charge is 0.229 e. The molecule has 1 fully saturated rings. The number of carbonyl (C=O) groups is 2. The monoisotopic (exact) mass is 550 g/mol. The molecule has 1 aliphatic rings. The zero-order valence-corrected chi connectivity index (χ0v) is 23.5. The Bertz CT molecular complexity index is 1330. The van der Waals surface area contributed by atoms with Crippen LogP contribution in [0.5, 0.6) is 34.5 Å². The summed E-state index contributed by atoms with van der Waals surface area (Å²) in [5.41, 5.74) is 1.84. The van der Waals surface area contributed by atoms with Crippen molar-refractivity contribution in [1.82, 2.24) is 0 Å². The molecule has 0 bridgehead atoms. The number of carbonyl (C=O) groups excluding carboxylic acids is 2. The number of piperidine rings is 1. The third-order valence-electron chi connectivity index (χ3n) is 6.97. The Kier molecular flexibility index (Phi) is 8.88. The van der Waals surface area contributed by atoms with Gasteiger partial charge in [-0.3, -0.25) is 9.59 Å². The van der Waals surface area contributed by atoms with Crippen molar-refractivity contribution in [2.45, 2.75) is 18.9 Å². The van der Waals surface area contributed by atoms with E-state index in [2.05, 4.69) is 5.32 Å². The molecule has 40 heavy (non-hydrogen) atoms. The van der Waals surface area contributed by atoms with Gasteiger partial charge in [0.2, 0.25) is 17.6 Å². The van der Waals surface area contributed by atoms with E-state index in [1.807, 2.05) is 24.3 Å². The normalized spacial score (nSPS) is 16.6. The van der Waals surface area contributed by atoms with Crippen molar-refractivity contribution in [3.8, 4) is 34.5 Å². The van der Waals surface area contributed by atoms with E-state index in [9.17, 15) is 9.59 Å². The Balaban J connectivity index is 1.79. The van der Waals surface area contributed by atoms with Crippen molar-refractivity contribution in [2.75, 3.05) is 52.9 Å². The Morgan fingerprint density at radius 2 is 1.38 bits per heavy atom. The van der Waals surface area contributed by atoms with E-state index in [0.717, 1.165) is 5.56 Å². The van der Waals surface area contributed by atoms with Crippen LogP contribution in [0.15, 0.2) is 54.6 Å². The van der Waals surface area contributed by atoms with E-state index >= 15 is 0 Å². The lowest BCUT2D eigenvalue weighted by atomic mass is 9.83. The molecule has 1 N–H and O–H groups in total. The summed E-state index contributed by atoms with van der Waals surface area (Å²) < 4.78 is 32.6. The van der Waals surface area contributed by atoms with Crippen LogP contribution in [0.1, 0.15) is 24.4 Å². The van der Waals surface area contributed by atoms with E-state index < -0.39 is 12.0 Å². The fourth-order valence-corrected chi connectivity index (χ4v) is 5.01. The second kappa shape index (κ2) is 12.5. The van der Waals surface area contributed by atoms with Gasteiger partial charge in [0, 0.05) is 30.3 Å². The first-order valence-corrected chi connectivity index (χ1v) is 12.7. The Labute approximate surface area is 233 Å². The first-order valence-electron chi connectivity index (χ1n) is 12.7. The molecule has 1 heterocycles. The predicted octanol–water partition coefficient (Wildman–Crippen LogP) is 4.86. The summed E-state index contributed by atoms with van der Waals surface area (Å²) in [6.45, 7) is 0. The van der Waals surface area contributed by atoms with Crippen molar-refractivity contribution in [3.63, 3.8) is 0 Å². The van der Waals surface area contributed by atoms with Crippen LogP contribution in [0.2, 0.25) is 0 Å². The lowest BCUT2D eigenvalue weighted by molar-refractivity contribution is -0.125. The largest absolute Gasteiger partial charge is 0.497 e. The van der Waals surface area contributed by atoms with Crippen molar-refractivity contribution < 1.29 is 38.0 Å². The van der Waals surface area contributed by atoms with Crippen LogP contribution in [0.25, 0.3) is 0 Å². The van der Waals surface area contributed by atoms with E-state index in [1.54, 1.807) is 49.5 Å². The number of rotatable bonds is 10. The highest BCUT2D eigenvalue weighted by Crippen LogP contribution is 2.46. The van der Waals surface area contributed by atoms with Gasteiger partial charge in [0.1, 0.15) is 5.75 Å². The summed E-state index contributed by atoms with van der Waals surface area (Å²) in [5.74, 6) is 1.95. The van der Waals surface area contributed by atoms with Gasteiger partial charge in [-0.25, -0.2) is 0 Å². The average Bonchev–Trinajstić information content (AvgIpc) is 2.99. The van der Waals surface area contributed by atoms with Crippen LogP contribution in [0, 0.1) is 5.92 Å². The third-order valence-corrected chi connectivity index (χ3v) is 6.97. The molecule has 1 saturated heterocycles. The average molecular weight is 551 g/mol. The highest BCUT2D eigenvalue weighted by atomic mass is 16.5. The van der Waals surface area contributed by atoms with E-state index in [1.165, 1.54) is 28.4 Å². The van der Waals surface area contributed by atoms with Crippen LogP contribution < -0.4 is 38.6 Å². The second-order valence-electron chi connectivity index (χ2n) is 9.07. The predicted molar refractivity (Wildman–Crippen MR) is 150 cm³/mol. The number of methoxy groups -OCH3 is 6. The Morgan fingerprint density at radius 1 is 0.750 bits per heavy atom. The van der Waals surface area contributed by atoms with Crippen LogP contribution >= 0.6 is 0 Å². The summed E-state index contributed by atoms with van der Waals surface area (Å²) in [7, 11) is 9.21. The fraction of sp³-hybridized carbons (Fsp3) is 0.333. The highest BCUT2D eigenvalue weighted by molar-refractivity contribution is 6.00. The quantitative estimate of drug-likeness (QED) is 0.382. The molecule has 3 aromatic rings. The number of hydrogen-bond acceptors (Lipinski definition) is 8. The van der Waals surface area contributed by atoms with Gasteiger partial charge >= 0.3 is 0 Å². The molecule has 4 rings (SSSR count). The zero-order chi connectivity index (χ0) is 28.8. The molecule has 10 heteroatoms. The molecule has 0 saturated carbocycles. The number of amides is 2. The molecule has 10 nitrogen and oxygen atoms in total. The molecule has 2 unspecified atom stereocenters. The van der Waals surface area contributed by atoms with Gasteiger partial charge in [0.15, 0.2) is 23.0 Å². The molecule has 2 amide bonds. The number of benzene rings is 3. The molecule has 0 spiro atoms. The number of nitrogens with zero attached hydrogens (tertiary/aromatic N) is 1. The van der Waals surface area contributed by atoms with Gasteiger partial charge in [-0.05, 0) is 36.2 Å². The van der Waals surface area contributed by atoms with Crippen LogP contribution in [0.4, 0.5) is 11.4 Å². The minimum atomic E-state index is -0.630. The maximum Gasteiger partial charge on any atom is 0.229 e. The van der Waals surface area contributed by atoms with Crippen molar-refractivity contribution >= 4 is 23.2 Å². The molecule has 0 radical (unpaired) electrons. The number of ether oxygens (including phenoxy) is 6. The van der Waals surface area contributed by atoms with Gasteiger partial charge in [0.25, 0.3) is 0 Å². The van der Waals surface area contributed by atoms with Gasteiger partial charge < -0.3 is 38.6 Å². The molecule has 0 aromatic heterocycles. The fourth-order valence-electron chi connectivity index (χ4n) is 5.01. The highest BCUT2D eigenvalue weighted by Gasteiger charge is 2.42. The summed E-state index contributed by atoms with van der Waals surface area (Å²) >= 11 is 0. The summed E-state index contributed by atoms with van der Waals surface area (Å²) in [6, 6.07) is 15.3. The number of anilines is 2. The van der Waals surface area contributed by atoms with Crippen LogP contribution in [-0.2, 0) is 9.59 Å². The van der Waals surface area contributed by atoms with Gasteiger partial charge in [-0.1, -0.05) is 12.1 Å². The molecular weight excluding hydrogens is 516 g/mol. The summed E-state index contributed by atoms with van der Waals surface area (Å²) in [5, 5.41) is 3.00. The second-order valence-corrected chi connectivity index (χ2v) is 9.07. The molecule has 3 aromatic carbocycles. The van der Waals surface area contributed by atoms with E-state index in [-0.39, 0.29) is 18.2 Å². The van der Waals surface area contributed by atoms with Gasteiger partial charge in [0.05, 0.1) is 60.3 Å². The van der Waals surface area contributed by atoms with Gasteiger partial charge in [-0.15, -0.1) is 0 Å². The first-order chi connectivity index (χ1) is 19.4. The zero-order valence-electron chi connectivity index (χ0n) is 23.5. The lowest BCUT2D eigenvalue weighted by Gasteiger charge is -2.41. The molecule has 2 atom stereocenters. The number of nitrogens with one attached hydrogen (secondary N) is 1. The van der Waals surface area contributed by atoms with E-state index in [0.29, 0.717) is 52.3 Å². The van der Waals surface area contributed by atoms with Crippen molar-refractivity contribution in [3.05, 3.63) is 60.2 Å². The minimum absolute atomic E-state index is 0.134. The first kappa shape index (κ1) is 28.4. The molecule has 212 valence electrons. The number of hydrogen-bond donors (Lipinski definition) is 1. The maximum atomic E-state index is 13.8.